The number of ether oxygens (including phenoxy) is 2. The highest BCUT2D eigenvalue weighted by molar-refractivity contribution is 7.99. The minimum Gasteiger partial charge on any atom is -0.486 e. The average Bonchev–Trinajstić information content (AvgIpc) is 3.04. The molecule has 3 rings (SSSR count). The molecule has 112 valence electrons. The summed E-state index contributed by atoms with van der Waals surface area (Å²) in [5.41, 5.74) is 1.19. The number of nitrogens with one attached hydrogen (secondary N) is 2. The van der Waals surface area contributed by atoms with Crippen LogP contribution in [0.3, 0.4) is 0 Å². The molecule has 0 fully saturated rings. The van der Waals surface area contributed by atoms with Gasteiger partial charge in [0.25, 0.3) is 0 Å². The van der Waals surface area contributed by atoms with E-state index in [2.05, 4.69) is 39.6 Å². The minimum absolute atomic E-state index is 0.223. The third-order valence-electron chi connectivity index (χ3n) is 3.20. The van der Waals surface area contributed by atoms with Gasteiger partial charge >= 0.3 is 0 Å². The Morgan fingerprint density at radius 2 is 2.19 bits per heavy atom. The Hall–Kier alpha value is -1.73. The number of hydrogen-bond donors (Lipinski definition) is 2. The molecule has 0 amide bonds. The molecule has 1 aromatic heterocycles. The molecule has 1 unspecified atom stereocenters. The highest BCUT2D eigenvalue weighted by atomic mass is 32.2. The van der Waals surface area contributed by atoms with E-state index >= 15 is 0 Å². The van der Waals surface area contributed by atoms with Crippen molar-refractivity contribution in [3.8, 4) is 11.5 Å². The number of rotatable bonds is 6. The maximum absolute atomic E-state index is 5.65. The number of fused-ring (bicyclic) bond motifs is 1. The van der Waals surface area contributed by atoms with Gasteiger partial charge in [-0.3, -0.25) is 5.10 Å². The van der Waals surface area contributed by atoms with Gasteiger partial charge < -0.3 is 14.8 Å². The zero-order chi connectivity index (χ0) is 14.5. The van der Waals surface area contributed by atoms with Gasteiger partial charge in [0.2, 0.25) is 0 Å². The van der Waals surface area contributed by atoms with E-state index in [1.807, 2.05) is 6.07 Å². The number of nitrogens with zero attached hydrogens (tertiary/aromatic N) is 2. The second-order valence-electron chi connectivity index (χ2n) is 4.61. The molecule has 21 heavy (non-hydrogen) atoms. The van der Waals surface area contributed by atoms with Crippen molar-refractivity contribution < 1.29 is 9.47 Å². The topological polar surface area (TPSA) is 72.1 Å². The van der Waals surface area contributed by atoms with Gasteiger partial charge in [0.05, 0.1) is 0 Å². The molecule has 0 spiro atoms. The lowest BCUT2D eigenvalue weighted by atomic mass is 10.1. The van der Waals surface area contributed by atoms with Crippen molar-refractivity contribution in [2.24, 2.45) is 0 Å². The lowest BCUT2D eigenvalue weighted by Gasteiger charge is -2.22. The normalized spacial score (nSPS) is 14.9. The maximum atomic E-state index is 5.65. The van der Waals surface area contributed by atoms with E-state index in [0.29, 0.717) is 13.2 Å². The van der Waals surface area contributed by atoms with Crippen molar-refractivity contribution >= 4 is 11.8 Å². The van der Waals surface area contributed by atoms with E-state index in [9.17, 15) is 0 Å². The summed E-state index contributed by atoms with van der Waals surface area (Å²) in [6.45, 7) is 4.22. The Morgan fingerprint density at radius 3 is 2.95 bits per heavy atom. The van der Waals surface area contributed by atoms with Crippen LogP contribution in [-0.2, 0) is 0 Å². The van der Waals surface area contributed by atoms with Gasteiger partial charge in [0.15, 0.2) is 16.7 Å². The molecule has 1 aliphatic heterocycles. The molecule has 2 heterocycles. The van der Waals surface area contributed by atoms with Crippen LogP contribution in [-0.4, -0.2) is 40.7 Å². The van der Waals surface area contributed by atoms with Gasteiger partial charge in [-0.05, 0) is 24.2 Å². The van der Waals surface area contributed by atoms with Crippen LogP contribution in [0.1, 0.15) is 18.5 Å². The van der Waals surface area contributed by atoms with Gasteiger partial charge in [-0.1, -0.05) is 24.8 Å². The maximum Gasteiger partial charge on any atom is 0.183 e. The fourth-order valence-electron chi connectivity index (χ4n) is 2.22. The quantitative estimate of drug-likeness (QED) is 0.796. The van der Waals surface area contributed by atoms with E-state index in [4.69, 9.17) is 9.47 Å². The van der Waals surface area contributed by atoms with Crippen LogP contribution >= 0.6 is 11.8 Å². The Morgan fingerprint density at radius 1 is 1.33 bits per heavy atom. The molecule has 2 N–H and O–H groups in total. The summed E-state index contributed by atoms with van der Waals surface area (Å²) in [4.78, 5) is 4.14. The Bertz CT molecular complexity index is 576. The van der Waals surface area contributed by atoms with Gasteiger partial charge in [0, 0.05) is 11.8 Å². The van der Waals surface area contributed by atoms with Crippen molar-refractivity contribution in [3.05, 3.63) is 30.1 Å². The Kier molecular flexibility index (Phi) is 4.62. The van der Waals surface area contributed by atoms with Crippen LogP contribution < -0.4 is 14.8 Å². The third-order valence-corrected chi connectivity index (χ3v) is 4.17. The van der Waals surface area contributed by atoms with E-state index < -0.39 is 0 Å². The monoisotopic (exact) mass is 306 g/mol. The van der Waals surface area contributed by atoms with Gasteiger partial charge in [-0.2, -0.15) is 5.10 Å². The molecule has 7 heteroatoms. The zero-order valence-electron chi connectivity index (χ0n) is 11.8. The van der Waals surface area contributed by atoms with Crippen LogP contribution in [0.4, 0.5) is 0 Å². The summed E-state index contributed by atoms with van der Waals surface area (Å²) in [5.74, 6) is 2.51. The highest BCUT2D eigenvalue weighted by Crippen LogP contribution is 2.33. The average molecular weight is 306 g/mol. The number of thioether (sulfide) groups is 1. The lowest BCUT2D eigenvalue weighted by Crippen LogP contribution is -2.23. The van der Waals surface area contributed by atoms with Crippen molar-refractivity contribution in [2.45, 2.75) is 18.1 Å². The van der Waals surface area contributed by atoms with E-state index in [0.717, 1.165) is 29.0 Å². The fourth-order valence-corrected chi connectivity index (χ4v) is 3.10. The largest absolute Gasteiger partial charge is 0.486 e. The molecule has 0 radical (unpaired) electrons. The van der Waals surface area contributed by atoms with Crippen molar-refractivity contribution in [2.75, 3.05) is 25.5 Å². The minimum atomic E-state index is 0.223. The van der Waals surface area contributed by atoms with Crippen LogP contribution in [0.2, 0.25) is 0 Å². The molecule has 1 atom stereocenters. The summed E-state index contributed by atoms with van der Waals surface area (Å²) in [6.07, 6.45) is 1.52. The molecule has 0 bridgehead atoms. The summed E-state index contributed by atoms with van der Waals surface area (Å²) in [6, 6.07) is 6.35. The zero-order valence-corrected chi connectivity index (χ0v) is 12.7. The number of aromatic amines is 1. The smallest absolute Gasteiger partial charge is 0.183 e. The summed E-state index contributed by atoms with van der Waals surface area (Å²) < 4.78 is 11.2. The first-order valence-corrected chi connectivity index (χ1v) is 7.96. The van der Waals surface area contributed by atoms with Crippen molar-refractivity contribution in [1.29, 1.82) is 0 Å². The first-order valence-electron chi connectivity index (χ1n) is 6.98. The second-order valence-corrected chi connectivity index (χ2v) is 5.62. The van der Waals surface area contributed by atoms with Crippen LogP contribution in [0.5, 0.6) is 11.5 Å². The lowest BCUT2D eigenvalue weighted by molar-refractivity contribution is 0.171. The molecule has 0 saturated heterocycles. The molecule has 6 nitrogen and oxygen atoms in total. The van der Waals surface area contributed by atoms with Crippen LogP contribution in [0.25, 0.3) is 0 Å². The van der Waals surface area contributed by atoms with Crippen molar-refractivity contribution in [3.63, 3.8) is 0 Å². The SMILES string of the molecule is CCNC(CSc1ncn[nH]1)c1ccc2c(c1)OCCO2. The summed E-state index contributed by atoms with van der Waals surface area (Å²) in [7, 11) is 0. The van der Waals surface area contributed by atoms with Crippen LogP contribution in [0, 0.1) is 0 Å². The van der Waals surface area contributed by atoms with E-state index in [-0.39, 0.29) is 6.04 Å². The van der Waals surface area contributed by atoms with Gasteiger partial charge in [-0.15, -0.1) is 0 Å². The first kappa shape index (κ1) is 14.2. The molecular formula is C14H18N4O2S. The number of H-pyrrole nitrogens is 1. The van der Waals surface area contributed by atoms with E-state index in [1.54, 1.807) is 11.8 Å². The predicted octanol–water partition coefficient (Wildman–Crippen LogP) is 2.02. The molecule has 0 saturated carbocycles. The summed E-state index contributed by atoms with van der Waals surface area (Å²) in [5, 5.41) is 11.0. The molecule has 2 aromatic rings. The first-order chi connectivity index (χ1) is 10.4. The Balaban J connectivity index is 1.73. The number of hydrogen-bond acceptors (Lipinski definition) is 6. The van der Waals surface area contributed by atoms with E-state index in [1.165, 1.54) is 11.9 Å². The molecular weight excluding hydrogens is 288 g/mol. The Labute approximate surface area is 127 Å². The number of aromatic nitrogens is 3. The van der Waals surface area contributed by atoms with Crippen LogP contribution in [0.15, 0.2) is 29.7 Å². The molecule has 1 aliphatic rings. The van der Waals surface area contributed by atoms with Gasteiger partial charge in [0.1, 0.15) is 19.5 Å². The fraction of sp³-hybridized carbons (Fsp3) is 0.429. The predicted molar refractivity (Wildman–Crippen MR) is 81.0 cm³/mol. The highest BCUT2D eigenvalue weighted by Gasteiger charge is 2.17. The second kappa shape index (κ2) is 6.82. The van der Waals surface area contributed by atoms with Gasteiger partial charge in [-0.25, -0.2) is 4.98 Å². The van der Waals surface area contributed by atoms with Crippen molar-refractivity contribution in [1.82, 2.24) is 20.5 Å². The summed E-state index contributed by atoms with van der Waals surface area (Å²) >= 11 is 1.64. The molecule has 1 aromatic carbocycles. The third kappa shape index (κ3) is 3.48. The number of benzene rings is 1. The molecule has 0 aliphatic carbocycles. The standard InChI is InChI=1S/C14H18N4O2S/c1-2-15-11(8-21-14-16-9-17-18-14)10-3-4-12-13(7-10)20-6-5-19-12/h3-4,7,9,11,15H,2,5-6,8H2,1H3,(H,16,17,18).